The van der Waals surface area contributed by atoms with Gasteiger partial charge in [0.2, 0.25) is 0 Å². The van der Waals surface area contributed by atoms with Crippen LogP contribution in [0.1, 0.15) is 55.9 Å². The molecule has 1 amide bonds. The van der Waals surface area contributed by atoms with Crippen molar-refractivity contribution in [3.63, 3.8) is 0 Å². The van der Waals surface area contributed by atoms with Gasteiger partial charge in [-0.3, -0.25) is 0 Å². The van der Waals surface area contributed by atoms with Crippen molar-refractivity contribution in [1.29, 1.82) is 0 Å². The second-order valence-corrected chi connectivity index (χ2v) is 12.1. The van der Waals surface area contributed by atoms with Crippen LogP contribution in [0, 0.1) is 13.8 Å². The fraction of sp³-hybridized carbons (Fsp3) is 0.480. The molecule has 2 aromatic rings. The Morgan fingerprint density at radius 2 is 1.71 bits per heavy atom. The van der Waals surface area contributed by atoms with Crippen LogP contribution in [0.15, 0.2) is 47.4 Å². The monoisotopic (exact) mass is 441 g/mol. The number of fused-ring (bicyclic) bond motifs is 3. The van der Waals surface area contributed by atoms with Crippen LogP contribution in [0.4, 0.5) is 4.79 Å². The van der Waals surface area contributed by atoms with Crippen LogP contribution in [-0.4, -0.2) is 37.6 Å². The van der Waals surface area contributed by atoms with Gasteiger partial charge in [0.1, 0.15) is 10.3 Å². The normalized spacial score (nSPS) is 23.3. The number of aryl methyl sites for hydroxylation is 3. The van der Waals surface area contributed by atoms with Gasteiger partial charge in [0.25, 0.3) is 0 Å². The molecule has 31 heavy (non-hydrogen) atoms. The highest BCUT2D eigenvalue weighted by Crippen LogP contribution is 2.53. The fourth-order valence-corrected chi connectivity index (χ4v) is 7.49. The van der Waals surface area contributed by atoms with Gasteiger partial charge in [0.05, 0.1) is 10.9 Å². The molecule has 2 aromatic carbocycles. The van der Waals surface area contributed by atoms with Crippen LogP contribution in [0.25, 0.3) is 0 Å². The first-order valence-electron chi connectivity index (χ1n) is 10.9. The lowest BCUT2D eigenvalue weighted by Gasteiger charge is -2.42. The topological polar surface area (TPSA) is 63.7 Å². The summed E-state index contributed by atoms with van der Waals surface area (Å²) in [4.78, 5) is 15.0. The Hall–Kier alpha value is -2.34. The Balaban J connectivity index is 1.88. The van der Waals surface area contributed by atoms with Crippen LogP contribution < -0.4 is 0 Å². The summed E-state index contributed by atoms with van der Waals surface area (Å²) >= 11 is 0. The third-order valence-corrected chi connectivity index (χ3v) is 9.03. The van der Waals surface area contributed by atoms with E-state index in [2.05, 4.69) is 6.07 Å². The van der Waals surface area contributed by atoms with Crippen molar-refractivity contribution in [1.82, 2.24) is 4.90 Å². The molecule has 2 aliphatic rings. The average Bonchev–Trinajstić information content (AvgIpc) is 3.08. The highest BCUT2D eigenvalue weighted by atomic mass is 32.2. The van der Waals surface area contributed by atoms with Gasteiger partial charge in [-0.05, 0) is 77.1 Å². The van der Waals surface area contributed by atoms with Crippen molar-refractivity contribution in [3.8, 4) is 0 Å². The minimum absolute atomic E-state index is 0.308. The number of hydrogen-bond acceptors (Lipinski definition) is 4. The lowest BCUT2D eigenvalue weighted by Crippen LogP contribution is -2.52. The molecule has 2 atom stereocenters. The summed E-state index contributed by atoms with van der Waals surface area (Å²) in [6.07, 6.45) is 1.27. The second-order valence-electron chi connectivity index (χ2n) is 9.84. The number of rotatable bonds is 2. The number of sulfone groups is 1. The molecule has 1 fully saturated rings. The maximum atomic E-state index is 14.2. The number of ether oxygens (including phenoxy) is 1. The van der Waals surface area contributed by atoms with Crippen molar-refractivity contribution in [2.75, 3.05) is 6.54 Å². The summed E-state index contributed by atoms with van der Waals surface area (Å²) in [7, 11) is -3.76. The number of carbonyl (C=O) groups is 1. The third-order valence-electron chi connectivity index (χ3n) is 6.48. The van der Waals surface area contributed by atoms with Crippen LogP contribution in [0.5, 0.6) is 0 Å². The molecule has 1 heterocycles. The molecular formula is C25H31NO4S. The maximum absolute atomic E-state index is 14.2. The van der Waals surface area contributed by atoms with Crippen molar-refractivity contribution >= 4 is 15.9 Å². The Morgan fingerprint density at radius 3 is 2.35 bits per heavy atom. The molecule has 1 aliphatic carbocycles. The van der Waals surface area contributed by atoms with Crippen molar-refractivity contribution in [3.05, 3.63) is 64.7 Å². The van der Waals surface area contributed by atoms with Gasteiger partial charge in [0.15, 0.2) is 9.84 Å². The molecule has 0 N–H and O–H groups in total. The average molecular weight is 442 g/mol. The molecule has 1 saturated heterocycles. The van der Waals surface area contributed by atoms with Gasteiger partial charge < -0.3 is 9.64 Å². The number of hydrogen-bond donors (Lipinski definition) is 0. The second kappa shape index (κ2) is 7.37. The summed E-state index contributed by atoms with van der Waals surface area (Å²) in [5.41, 5.74) is 3.39. The zero-order chi connectivity index (χ0) is 22.6. The lowest BCUT2D eigenvalue weighted by atomic mass is 9.78. The molecule has 6 heteroatoms. The summed E-state index contributed by atoms with van der Waals surface area (Å²) < 4.78 is 32.9. The maximum Gasteiger partial charge on any atom is 0.410 e. The van der Waals surface area contributed by atoms with Crippen LogP contribution in [0.3, 0.4) is 0 Å². The number of amides is 1. The third kappa shape index (κ3) is 3.55. The molecular weight excluding hydrogens is 410 g/mol. The van der Waals surface area contributed by atoms with E-state index in [1.165, 1.54) is 0 Å². The molecule has 2 unspecified atom stereocenters. The van der Waals surface area contributed by atoms with E-state index in [9.17, 15) is 13.2 Å². The molecule has 4 rings (SSSR count). The molecule has 0 spiro atoms. The van der Waals surface area contributed by atoms with E-state index in [1.54, 1.807) is 17.0 Å². The van der Waals surface area contributed by atoms with Gasteiger partial charge in [-0.1, -0.05) is 41.5 Å². The van der Waals surface area contributed by atoms with Crippen molar-refractivity contribution in [2.45, 2.75) is 75.2 Å². The van der Waals surface area contributed by atoms with Crippen molar-refractivity contribution < 1.29 is 17.9 Å². The van der Waals surface area contributed by atoms with Gasteiger partial charge in [-0.15, -0.1) is 0 Å². The first-order chi connectivity index (χ1) is 14.5. The molecule has 166 valence electrons. The molecule has 1 aliphatic heterocycles. The number of nitrogens with zero attached hydrogens (tertiary/aromatic N) is 1. The largest absolute Gasteiger partial charge is 0.444 e. The predicted octanol–water partition coefficient (Wildman–Crippen LogP) is 4.93. The van der Waals surface area contributed by atoms with Gasteiger partial charge in [0, 0.05) is 6.54 Å². The van der Waals surface area contributed by atoms with E-state index >= 15 is 0 Å². The van der Waals surface area contributed by atoms with E-state index in [1.807, 2.05) is 58.9 Å². The van der Waals surface area contributed by atoms with E-state index in [0.717, 1.165) is 28.7 Å². The minimum Gasteiger partial charge on any atom is -0.444 e. The van der Waals surface area contributed by atoms with Crippen LogP contribution >= 0.6 is 0 Å². The quantitative estimate of drug-likeness (QED) is 0.663. The first kappa shape index (κ1) is 21.9. The highest BCUT2D eigenvalue weighted by Gasteiger charge is 2.61. The minimum atomic E-state index is -3.76. The zero-order valence-electron chi connectivity index (χ0n) is 18.9. The fourth-order valence-electron chi connectivity index (χ4n) is 5.12. The van der Waals surface area contributed by atoms with Gasteiger partial charge >= 0.3 is 6.09 Å². The van der Waals surface area contributed by atoms with Crippen LogP contribution in [-0.2, 0) is 25.7 Å². The lowest BCUT2D eigenvalue weighted by molar-refractivity contribution is 0.0202. The molecule has 0 saturated carbocycles. The smallest absolute Gasteiger partial charge is 0.410 e. The zero-order valence-corrected chi connectivity index (χ0v) is 19.8. The van der Waals surface area contributed by atoms with Crippen LogP contribution in [0.2, 0.25) is 0 Å². The molecule has 0 radical (unpaired) electrons. The van der Waals surface area contributed by atoms with E-state index in [-0.39, 0.29) is 0 Å². The van der Waals surface area contributed by atoms with Gasteiger partial charge in [-0.2, -0.15) is 0 Å². The predicted molar refractivity (Wildman–Crippen MR) is 121 cm³/mol. The Kier molecular flexibility index (Phi) is 5.20. The first-order valence-corrected chi connectivity index (χ1v) is 12.3. The summed E-state index contributed by atoms with van der Waals surface area (Å²) in [6.45, 7) is 9.81. The van der Waals surface area contributed by atoms with Crippen molar-refractivity contribution in [2.24, 2.45) is 0 Å². The Morgan fingerprint density at radius 1 is 1.06 bits per heavy atom. The van der Waals surface area contributed by atoms with Gasteiger partial charge in [-0.25, -0.2) is 13.2 Å². The van der Waals surface area contributed by atoms with E-state index < -0.39 is 32.3 Å². The Bertz CT molecular complexity index is 1120. The molecule has 5 nitrogen and oxygen atoms in total. The number of carbonyl (C=O) groups excluding carboxylic acids is 1. The number of likely N-dealkylation sites (tertiary alicyclic amines) is 1. The number of benzene rings is 2. The summed E-state index contributed by atoms with van der Waals surface area (Å²) in [5, 5.41) is 0. The Labute approximate surface area is 185 Å². The summed E-state index contributed by atoms with van der Waals surface area (Å²) in [6, 6.07) is 12.6. The SMILES string of the molecule is Cc1ccc(S(=O)(=O)C23CCN(C(=O)OC(C)(C)C)C2CCc2cc(C)ccc23)cc1. The standard InChI is InChI=1S/C25H31NO4S/c1-17-6-10-20(11-7-17)31(28,29)25-14-15-26(23(27)30-24(3,4)5)22(25)13-9-19-16-18(2)8-12-21(19)25/h6-8,10-12,16,22H,9,13-15H2,1-5H3. The van der Waals surface area contributed by atoms with E-state index in [0.29, 0.717) is 24.3 Å². The summed E-state index contributed by atoms with van der Waals surface area (Å²) in [5.74, 6) is 0. The molecule has 0 bridgehead atoms. The molecule has 0 aromatic heterocycles. The van der Waals surface area contributed by atoms with E-state index in [4.69, 9.17) is 4.74 Å². The highest BCUT2D eigenvalue weighted by molar-refractivity contribution is 7.92.